The van der Waals surface area contributed by atoms with Gasteiger partial charge in [-0.05, 0) is 25.3 Å². The van der Waals surface area contributed by atoms with Crippen LogP contribution in [0.25, 0.3) is 0 Å². The Kier molecular flexibility index (Phi) is 23.9. The van der Waals surface area contributed by atoms with E-state index in [9.17, 15) is 9.59 Å². The highest BCUT2D eigenvalue weighted by Crippen LogP contribution is 2.12. The standard InChI is InChI=1S/C27H50O4/c1-3-5-7-9-11-12-13-14-15-16-17-19-21-25-31-27(29)23-22-26(28)30-24-20-18-10-8-6-4-2/h20,24H,3-19,21-23,25H2,1-2H3. The van der Waals surface area contributed by atoms with Gasteiger partial charge in [-0.3, -0.25) is 9.59 Å². The minimum atomic E-state index is -0.372. The van der Waals surface area contributed by atoms with Gasteiger partial charge in [-0.15, -0.1) is 0 Å². The molecule has 0 aliphatic rings. The number of carbonyl (C=O) groups is 2. The molecular weight excluding hydrogens is 388 g/mol. The average molecular weight is 439 g/mol. The molecule has 0 rings (SSSR count). The molecular formula is C27H50O4. The van der Waals surface area contributed by atoms with Crippen molar-refractivity contribution in [3.63, 3.8) is 0 Å². The molecule has 0 aromatic carbocycles. The zero-order valence-electron chi connectivity index (χ0n) is 20.6. The third-order valence-electron chi connectivity index (χ3n) is 5.56. The van der Waals surface area contributed by atoms with E-state index in [1.807, 2.05) is 6.08 Å². The number of ether oxygens (including phenoxy) is 2. The number of carbonyl (C=O) groups excluding carboxylic acids is 2. The first kappa shape index (κ1) is 29.7. The van der Waals surface area contributed by atoms with Gasteiger partial charge in [-0.25, -0.2) is 0 Å². The molecule has 0 aliphatic carbocycles. The van der Waals surface area contributed by atoms with Gasteiger partial charge < -0.3 is 9.47 Å². The highest BCUT2D eigenvalue weighted by Gasteiger charge is 2.08. The number of allylic oxidation sites excluding steroid dienone is 1. The lowest BCUT2D eigenvalue weighted by Crippen LogP contribution is -2.09. The molecule has 31 heavy (non-hydrogen) atoms. The van der Waals surface area contributed by atoms with Crippen LogP contribution in [0.3, 0.4) is 0 Å². The van der Waals surface area contributed by atoms with Crippen LogP contribution in [0.5, 0.6) is 0 Å². The molecule has 0 amide bonds. The van der Waals surface area contributed by atoms with Gasteiger partial charge in [0.05, 0.1) is 25.7 Å². The van der Waals surface area contributed by atoms with Crippen molar-refractivity contribution >= 4 is 11.9 Å². The van der Waals surface area contributed by atoms with Gasteiger partial charge in [-0.1, -0.05) is 110 Å². The predicted octanol–water partition coefficient (Wildman–Crippen LogP) is 8.43. The molecule has 0 unspecified atom stereocenters. The van der Waals surface area contributed by atoms with Crippen LogP contribution in [0.1, 0.15) is 142 Å². The Morgan fingerprint density at radius 1 is 0.581 bits per heavy atom. The zero-order chi connectivity index (χ0) is 22.8. The summed E-state index contributed by atoms with van der Waals surface area (Å²) in [4.78, 5) is 23.3. The first-order chi connectivity index (χ1) is 15.2. The minimum Gasteiger partial charge on any atom is -0.466 e. The summed E-state index contributed by atoms with van der Waals surface area (Å²) in [6, 6.07) is 0. The summed E-state index contributed by atoms with van der Waals surface area (Å²) in [6.07, 6.45) is 26.1. The molecule has 0 N–H and O–H groups in total. The van der Waals surface area contributed by atoms with E-state index in [4.69, 9.17) is 9.47 Å². The summed E-state index contributed by atoms with van der Waals surface area (Å²) in [5.41, 5.74) is 0. The Morgan fingerprint density at radius 3 is 1.58 bits per heavy atom. The lowest BCUT2D eigenvalue weighted by atomic mass is 10.0. The summed E-state index contributed by atoms with van der Waals surface area (Å²) >= 11 is 0. The molecule has 4 heteroatoms. The number of esters is 2. The molecule has 0 aliphatic heterocycles. The van der Waals surface area contributed by atoms with Gasteiger partial charge in [0.1, 0.15) is 0 Å². The van der Waals surface area contributed by atoms with E-state index in [2.05, 4.69) is 13.8 Å². The Hall–Kier alpha value is -1.32. The first-order valence-electron chi connectivity index (χ1n) is 13.2. The van der Waals surface area contributed by atoms with Gasteiger partial charge in [0.15, 0.2) is 0 Å². The number of hydrogen-bond acceptors (Lipinski definition) is 4. The molecule has 0 heterocycles. The second-order valence-electron chi connectivity index (χ2n) is 8.67. The molecule has 0 saturated carbocycles. The molecule has 0 aromatic rings. The third-order valence-corrected chi connectivity index (χ3v) is 5.56. The maximum absolute atomic E-state index is 11.7. The van der Waals surface area contributed by atoms with Crippen LogP contribution in [0.4, 0.5) is 0 Å². The van der Waals surface area contributed by atoms with Crippen molar-refractivity contribution in [1.29, 1.82) is 0 Å². The quantitative estimate of drug-likeness (QED) is 0.0912. The van der Waals surface area contributed by atoms with Gasteiger partial charge >= 0.3 is 11.9 Å². The zero-order valence-corrected chi connectivity index (χ0v) is 20.6. The van der Waals surface area contributed by atoms with E-state index in [0.29, 0.717) is 6.61 Å². The van der Waals surface area contributed by atoms with Crippen LogP contribution in [-0.2, 0) is 19.1 Å². The van der Waals surface area contributed by atoms with Gasteiger partial charge in [0.2, 0.25) is 0 Å². The molecule has 0 atom stereocenters. The Bertz CT molecular complexity index is 431. The second-order valence-corrected chi connectivity index (χ2v) is 8.67. The van der Waals surface area contributed by atoms with Crippen LogP contribution >= 0.6 is 0 Å². The monoisotopic (exact) mass is 438 g/mol. The van der Waals surface area contributed by atoms with Crippen LogP contribution in [-0.4, -0.2) is 18.5 Å². The van der Waals surface area contributed by atoms with E-state index < -0.39 is 0 Å². The molecule has 0 saturated heterocycles. The van der Waals surface area contributed by atoms with E-state index in [1.54, 1.807) is 0 Å². The van der Waals surface area contributed by atoms with Crippen LogP contribution in [0.15, 0.2) is 12.3 Å². The fraction of sp³-hybridized carbons (Fsp3) is 0.852. The van der Waals surface area contributed by atoms with Crippen molar-refractivity contribution in [1.82, 2.24) is 0 Å². The normalized spacial score (nSPS) is 11.2. The average Bonchev–Trinajstić information content (AvgIpc) is 2.77. The molecule has 0 aromatic heterocycles. The fourth-order valence-electron chi connectivity index (χ4n) is 3.52. The molecule has 0 radical (unpaired) electrons. The molecule has 4 nitrogen and oxygen atoms in total. The van der Waals surface area contributed by atoms with Gasteiger partial charge in [0.25, 0.3) is 0 Å². The lowest BCUT2D eigenvalue weighted by Gasteiger charge is -2.05. The van der Waals surface area contributed by atoms with Crippen molar-refractivity contribution in [3.05, 3.63) is 12.3 Å². The van der Waals surface area contributed by atoms with Crippen LogP contribution in [0, 0.1) is 0 Å². The fourth-order valence-corrected chi connectivity index (χ4v) is 3.52. The summed E-state index contributed by atoms with van der Waals surface area (Å²) in [6.45, 7) is 4.91. The van der Waals surface area contributed by atoms with Crippen molar-refractivity contribution < 1.29 is 19.1 Å². The van der Waals surface area contributed by atoms with Crippen molar-refractivity contribution in [2.24, 2.45) is 0 Å². The maximum atomic E-state index is 11.7. The maximum Gasteiger partial charge on any atom is 0.311 e. The molecule has 0 bridgehead atoms. The summed E-state index contributed by atoms with van der Waals surface area (Å²) < 4.78 is 10.2. The van der Waals surface area contributed by atoms with Gasteiger partial charge in [0, 0.05) is 0 Å². The first-order valence-corrected chi connectivity index (χ1v) is 13.2. The van der Waals surface area contributed by atoms with Crippen molar-refractivity contribution in [3.8, 4) is 0 Å². The van der Waals surface area contributed by atoms with Crippen molar-refractivity contribution in [2.45, 2.75) is 142 Å². The molecule has 0 fully saturated rings. The van der Waals surface area contributed by atoms with Crippen LogP contribution in [0.2, 0.25) is 0 Å². The van der Waals surface area contributed by atoms with Crippen LogP contribution < -0.4 is 0 Å². The minimum absolute atomic E-state index is 0.0810. The Balaban J connectivity index is 3.33. The number of unbranched alkanes of at least 4 members (excludes halogenated alkanes) is 16. The SMILES string of the molecule is CCCCCCC=COC(=O)CCC(=O)OCCCCCCCCCCCCCCC. The largest absolute Gasteiger partial charge is 0.466 e. The van der Waals surface area contributed by atoms with E-state index in [0.717, 1.165) is 25.7 Å². The Labute approximate surface area is 192 Å². The summed E-state index contributed by atoms with van der Waals surface area (Å²) in [5, 5.41) is 0. The predicted molar refractivity (Wildman–Crippen MR) is 130 cm³/mol. The lowest BCUT2D eigenvalue weighted by molar-refractivity contribution is -0.148. The topological polar surface area (TPSA) is 52.6 Å². The third kappa shape index (κ3) is 24.8. The van der Waals surface area contributed by atoms with Crippen molar-refractivity contribution in [2.75, 3.05) is 6.61 Å². The number of rotatable bonds is 23. The summed E-state index contributed by atoms with van der Waals surface area (Å²) in [5.74, 6) is -0.679. The van der Waals surface area contributed by atoms with E-state index in [-0.39, 0.29) is 24.8 Å². The van der Waals surface area contributed by atoms with E-state index in [1.165, 1.54) is 96.2 Å². The number of hydrogen-bond donors (Lipinski definition) is 0. The van der Waals surface area contributed by atoms with Gasteiger partial charge in [-0.2, -0.15) is 0 Å². The highest BCUT2D eigenvalue weighted by molar-refractivity contribution is 5.77. The second kappa shape index (κ2) is 24.9. The summed E-state index contributed by atoms with van der Waals surface area (Å²) in [7, 11) is 0. The molecule has 0 spiro atoms. The highest BCUT2D eigenvalue weighted by atomic mass is 16.5. The smallest absolute Gasteiger partial charge is 0.311 e. The molecule has 182 valence electrons. The van der Waals surface area contributed by atoms with E-state index >= 15 is 0 Å². The Morgan fingerprint density at radius 2 is 1.03 bits per heavy atom.